The average molecular weight is 258 g/mol. The van der Waals surface area contributed by atoms with Crippen LogP contribution in [0, 0.1) is 5.92 Å². The fourth-order valence-electron chi connectivity index (χ4n) is 2.10. The number of rotatable bonds is 6. The monoisotopic (exact) mass is 258 g/mol. The number of urea groups is 1. The number of hydrogen-bond acceptors (Lipinski definition) is 3. The van der Waals surface area contributed by atoms with Gasteiger partial charge in [-0.1, -0.05) is 0 Å². The summed E-state index contributed by atoms with van der Waals surface area (Å²) in [6.45, 7) is 4.85. The number of ether oxygens (including phenoxy) is 1. The third kappa shape index (κ3) is 4.52. The lowest BCUT2D eigenvalue weighted by molar-refractivity contribution is -0.138. The molecule has 0 saturated carbocycles. The highest BCUT2D eigenvalue weighted by Gasteiger charge is 2.29. The van der Waals surface area contributed by atoms with Crippen molar-refractivity contribution in [2.75, 3.05) is 39.9 Å². The fraction of sp³-hybridized carbons (Fsp3) is 0.833. The molecule has 1 fully saturated rings. The van der Waals surface area contributed by atoms with E-state index in [2.05, 4.69) is 0 Å². The van der Waals surface area contributed by atoms with Crippen LogP contribution in [-0.2, 0) is 9.53 Å². The van der Waals surface area contributed by atoms with Gasteiger partial charge in [0.2, 0.25) is 0 Å². The number of carboxylic acids is 1. The van der Waals surface area contributed by atoms with Gasteiger partial charge in [0.05, 0.1) is 6.61 Å². The summed E-state index contributed by atoms with van der Waals surface area (Å²) >= 11 is 0. The predicted octanol–water partition coefficient (Wildman–Crippen LogP) is 0.871. The van der Waals surface area contributed by atoms with Gasteiger partial charge < -0.3 is 19.6 Å². The van der Waals surface area contributed by atoms with Crippen LogP contribution in [-0.4, -0.2) is 66.8 Å². The molecular formula is C12H22N2O4. The highest BCUT2D eigenvalue weighted by Crippen LogP contribution is 2.20. The minimum atomic E-state index is -0.793. The quantitative estimate of drug-likeness (QED) is 0.718. The molecular weight excluding hydrogens is 236 g/mol. The summed E-state index contributed by atoms with van der Waals surface area (Å²) in [6.07, 6.45) is 0.920. The Morgan fingerprint density at radius 1 is 1.50 bits per heavy atom. The summed E-state index contributed by atoms with van der Waals surface area (Å²) in [5.41, 5.74) is 0. The molecule has 104 valence electrons. The first-order chi connectivity index (χ1) is 8.54. The lowest BCUT2D eigenvalue weighted by Gasteiger charge is -2.24. The van der Waals surface area contributed by atoms with E-state index >= 15 is 0 Å². The summed E-state index contributed by atoms with van der Waals surface area (Å²) in [4.78, 5) is 26.0. The molecule has 0 radical (unpaired) electrons. The average Bonchev–Trinajstić information content (AvgIpc) is 2.75. The molecule has 0 aromatic heterocycles. The van der Waals surface area contributed by atoms with E-state index in [9.17, 15) is 9.59 Å². The summed E-state index contributed by atoms with van der Waals surface area (Å²) < 4.78 is 5.20. The van der Waals surface area contributed by atoms with Gasteiger partial charge in [-0.2, -0.15) is 0 Å². The minimum Gasteiger partial charge on any atom is -0.481 e. The zero-order chi connectivity index (χ0) is 13.5. The number of amides is 2. The van der Waals surface area contributed by atoms with Crippen molar-refractivity contribution < 1.29 is 19.4 Å². The first-order valence-corrected chi connectivity index (χ1v) is 6.34. The van der Waals surface area contributed by atoms with Crippen molar-refractivity contribution in [3.8, 4) is 0 Å². The van der Waals surface area contributed by atoms with E-state index in [1.54, 1.807) is 16.8 Å². The largest absolute Gasteiger partial charge is 0.481 e. The molecule has 1 aliphatic heterocycles. The van der Waals surface area contributed by atoms with Crippen LogP contribution in [0.5, 0.6) is 0 Å². The number of carbonyl (C=O) groups is 2. The van der Waals surface area contributed by atoms with Gasteiger partial charge in [-0.3, -0.25) is 4.79 Å². The van der Waals surface area contributed by atoms with E-state index in [1.165, 1.54) is 0 Å². The molecule has 1 heterocycles. The Kier molecular flexibility index (Phi) is 5.91. The van der Waals surface area contributed by atoms with Crippen LogP contribution in [0.4, 0.5) is 4.79 Å². The van der Waals surface area contributed by atoms with Crippen molar-refractivity contribution in [3.05, 3.63) is 0 Å². The molecule has 1 rings (SSSR count). The number of likely N-dealkylation sites (N-methyl/N-ethyl adjacent to an activating group) is 1. The van der Waals surface area contributed by atoms with E-state index < -0.39 is 5.97 Å². The molecule has 1 unspecified atom stereocenters. The summed E-state index contributed by atoms with van der Waals surface area (Å²) in [6, 6.07) is -0.0393. The highest BCUT2D eigenvalue weighted by atomic mass is 16.5. The second-order valence-corrected chi connectivity index (χ2v) is 4.60. The van der Waals surface area contributed by atoms with Crippen LogP contribution in [0.3, 0.4) is 0 Å². The van der Waals surface area contributed by atoms with Crippen LogP contribution in [0.15, 0.2) is 0 Å². The lowest BCUT2D eigenvalue weighted by Crippen LogP contribution is -2.41. The van der Waals surface area contributed by atoms with Gasteiger partial charge in [-0.25, -0.2) is 4.79 Å². The molecule has 6 heteroatoms. The summed E-state index contributed by atoms with van der Waals surface area (Å²) in [5, 5.41) is 8.72. The zero-order valence-electron chi connectivity index (χ0n) is 11.1. The molecule has 1 saturated heterocycles. The Hall–Kier alpha value is -1.30. The molecule has 1 atom stereocenters. The van der Waals surface area contributed by atoms with Gasteiger partial charge in [-0.15, -0.1) is 0 Å². The standard InChI is InChI=1S/C12H22N2O4/c1-3-18-7-6-13(2)12(17)14-5-4-10(9-14)8-11(15)16/h10H,3-9H2,1-2H3,(H,15,16). The first kappa shape index (κ1) is 14.8. The molecule has 2 amide bonds. The molecule has 0 aromatic rings. The Bertz CT molecular complexity index is 296. The fourth-order valence-corrected chi connectivity index (χ4v) is 2.10. The van der Waals surface area contributed by atoms with Crippen molar-refractivity contribution in [1.29, 1.82) is 0 Å². The predicted molar refractivity (Wildman–Crippen MR) is 66.5 cm³/mol. The van der Waals surface area contributed by atoms with Crippen molar-refractivity contribution in [2.45, 2.75) is 19.8 Å². The summed E-state index contributed by atoms with van der Waals surface area (Å²) in [5.74, 6) is -0.703. The molecule has 18 heavy (non-hydrogen) atoms. The number of aliphatic carboxylic acids is 1. The number of carbonyl (C=O) groups excluding carboxylic acids is 1. The second-order valence-electron chi connectivity index (χ2n) is 4.60. The molecule has 0 aromatic carbocycles. The Labute approximate surface area is 107 Å². The van der Waals surface area contributed by atoms with Crippen molar-refractivity contribution >= 4 is 12.0 Å². The van der Waals surface area contributed by atoms with E-state index in [-0.39, 0.29) is 18.4 Å². The topological polar surface area (TPSA) is 70.1 Å². The van der Waals surface area contributed by atoms with E-state index in [0.717, 1.165) is 6.42 Å². The number of likely N-dealkylation sites (tertiary alicyclic amines) is 1. The molecule has 0 spiro atoms. The normalized spacial score (nSPS) is 19.0. The van der Waals surface area contributed by atoms with Crippen molar-refractivity contribution in [3.63, 3.8) is 0 Å². The van der Waals surface area contributed by atoms with Crippen LogP contribution < -0.4 is 0 Å². The van der Waals surface area contributed by atoms with E-state index in [0.29, 0.717) is 32.8 Å². The Morgan fingerprint density at radius 2 is 2.22 bits per heavy atom. The van der Waals surface area contributed by atoms with Gasteiger partial charge in [0.25, 0.3) is 0 Å². The van der Waals surface area contributed by atoms with Gasteiger partial charge in [0, 0.05) is 39.7 Å². The maximum atomic E-state index is 12.0. The Balaban J connectivity index is 2.32. The first-order valence-electron chi connectivity index (χ1n) is 6.34. The minimum absolute atomic E-state index is 0.0393. The zero-order valence-corrected chi connectivity index (χ0v) is 11.1. The molecule has 0 bridgehead atoms. The SMILES string of the molecule is CCOCCN(C)C(=O)N1CCC(CC(=O)O)C1. The maximum Gasteiger partial charge on any atom is 0.319 e. The Morgan fingerprint density at radius 3 is 2.83 bits per heavy atom. The van der Waals surface area contributed by atoms with Crippen LogP contribution in [0.2, 0.25) is 0 Å². The van der Waals surface area contributed by atoms with Crippen molar-refractivity contribution in [2.24, 2.45) is 5.92 Å². The molecule has 1 N–H and O–H groups in total. The smallest absolute Gasteiger partial charge is 0.319 e. The van der Waals surface area contributed by atoms with E-state index in [1.807, 2.05) is 6.92 Å². The number of nitrogens with zero attached hydrogens (tertiary/aromatic N) is 2. The number of carboxylic acid groups (broad SMARTS) is 1. The van der Waals surface area contributed by atoms with Gasteiger partial charge in [-0.05, 0) is 19.3 Å². The molecule has 6 nitrogen and oxygen atoms in total. The van der Waals surface area contributed by atoms with Crippen LogP contribution in [0.25, 0.3) is 0 Å². The second kappa shape index (κ2) is 7.20. The highest BCUT2D eigenvalue weighted by molar-refractivity contribution is 5.74. The van der Waals surface area contributed by atoms with Gasteiger partial charge in [0.15, 0.2) is 0 Å². The van der Waals surface area contributed by atoms with Crippen LogP contribution >= 0.6 is 0 Å². The summed E-state index contributed by atoms with van der Waals surface area (Å²) in [7, 11) is 1.74. The maximum absolute atomic E-state index is 12.0. The molecule has 0 aliphatic carbocycles. The lowest BCUT2D eigenvalue weighted by atomic mass is 10.1. The third-order valence-corrected chi connectivity index (χ3v) is 3.12. The van der Waals surface area contributed by atoms with E-state index in [4.69, 9.17) is 9.84 Å². The van der Waals surface area contributed by atoms with Crippen LogP contribution in [0.1, 0.15) is 19.8 Å². The van der Waals surface area contributed by atoms with Gasteiger partial charge in [0.1, 0.15) is 0 Å². The van der Waals surface area contributed by atoms with Crippen molar-refractivity contribution in [1.82, 2.24) is 9.80 Å². The van der Waals surface area contributed by atoms with Gasteiger partial charge >= 0.3 is 12.0 Å². The number of hydrogen-bond donors (Lipinski definition) is 1. The third-order valence-electron chi connectivity index (χ3n) is 3.12. The molecule has 1 aliphatic rings.